The number of hydrogen-bond acceptors (Lipinski definition) is 9. The average molecular weight is 447 g/mol. The Hall–Kier alpha value is -2.64. The van der Waals surface area contributed by atoms with Crippen LogP contribution < -0.4 is 5.32 Å². The Bertz CT molecular complexity index is 902. The summed E-state index contributed by atoms with van der Waals surface area (Å²) in [5.41, 5.74) is 0.969. The molecule has 1 saturated heterocycles. The molecule has 0 radical (unpaired) electrons. The molecule has 14 heteroatoms. The quantitative estimate of drug-likeness (QED) is 0.295. The van der Waals surface area contributed by atoms with E-state index in [4.69, 9.17) is 16.7 Å². The fourth-order valence-corrected chi connectivity index (χ4v) is 4.56. The van der Waals surface area contributed by atoms with Crippen LogP contribution in [0.25, 0.3) is 0 Å². The number of carboxylic acids is 2. The maximum Gasteiger partial charge on any atom is 0.353 e. The van der Waals surface area contributed by atoms with E-state index in [9.17, 15) is 24.3 Å². The molecule has 0 spiro atoms. The fourth-order valence-electron chi connectivity index (χ4n) is 2.48. The molecule has 2 atom stereocenters. The predicted molar refractivity (Wildman–Crippen MR) is 97.8 cm³/mol. The molecule has 0 aliphatic carbocycles. The molecule has 1 aromatic rings. The van der Waals surface area contributed by atoms with E-state index in [1.165, 1.54) is 34.0 Å². The summed E-state index contributed by atoms with van der Waals surface area (Å²) in [6, 6.07) is -1.00. The van der Waals surface area contributed by atoms with Crippen LogP contribution in [0.3, 0.4) is 0 Å². The number of carbonyl (C=O) groups is 4. The molecule has 11 nitrogen and oxygen atoms in total. The minimum atomic E-state index is -1.33. The van der Waals surface area contributed by atoms with Crippen LogP contribution in [0.2, 0.25) is 0 Å². The largest absolute Gasteiger partial charge is 0.479 e. The second-order valence-electron chi connectivity index (χ2n) is 5.40. The number of thioether (sulfide) groups is 1. The van der Waals surface area contributed by atoms with Crippen molar-refractivity contribution in [1.82, 2.24) is 15.2 Å². The van der Waals surface area contributed by atoms with Gasteiger partial charge in [0.2, 0.25) is 6.61 Å². The van der Waals surface area contributed by atoms with Gasteiger partial charge in [0.15, 0.2) is 5.71 Å². The summed E-state index contributed by atoms with van der Waals surface area (Å²) in [4.78, 5) is 56.4. The van der Waals surface area contributed by atoms with Crippen molar-refractivity contribution in [3.05, 3.63) is 27.3 Å². The summed E-state index contributed by atoms with van der Waals surface area (Å²) in [6.07, 6.45) is 0. The molecule has 0 aromatic carbocycles. The average Bonchev–Trinajstić information content (AvgIpc) is 3.16. The third kappa shape index (κ3) is 3.81. The first kappa shape index (κ1) is 20.1. The molecular formula is C14H11ClN4O7S2. The molecule has 148 valence electrons. The van der Waals surface area contributed by atoms with Gasteiger partial charge in [-0.25, -0.2) is 14.6 Å². The molecule has 3 rings (SSSR count). The van der Waals surface area contributed by atoms with Crippen molar-refractivity contribution in [3.8, 4) is 0 Å². The number of halogens is 1. The van der Waals surface area contributed by atoms with Gasteiger partial charge in [0.25, 0.3) is 11.8 Å². The molecule has 2 amide bonds. The number of fused-ring (bicyclic) bond motifs is 1. The van der Waals surface area contributed by atoms with Gasteiger partial charge in [-0.15, -0.1) is 23.1 Å². The highest BCUT2D eigenvalue weighted by atomic mass is 35.5. The standard InChI is InChI=1S/C14H11ClN4O7S2/c15-5-2-28-13-9(12(23)19(13)10(5)14(24)25)17-11(22)8(6-3-27-4-16-6)18-26-1-7(20)21/h3-4,9,13H,1-2H2,(H,17,22)(H,20,21)(H,24,25)/b18-8-/t9?,13-/m1/s1. The second kappa shape index (κ2) is 8.16. The lowest BCUT2D eigenvalue weighted by Crippen LogP contribution is -2.71. The Labute approximate surface area is 170 Å². The van der Waals surface area contributed by atoms with Crippen LogP contribution in [0.4, 0.5) is 0 Å². The van der Waals surface area contributed by atoms with Crippen LogP contribution in [-0.2, 0) is 24.0 Å². The van der Waals surface area contributed by atoms with Crippen molar-refractivity contribution in [1.29, 1.82) is 0 Å². The number of nitrogens with zero attached hydrogens (tertiary/aromatic N) is 3. The second-order valence-corrected chi connectivity index (χ2v) is 7.68. The van der Waals surface area contributed by atoms with Gasteiger partial charge in [0.05, 0.1) is 10.5 Å². The molecule has 3 N–H and O–H groups in total. The number of aromatic nitrogens is 1. The molecule has 1 aromatic heterocycles. The first-order chi connectivity index (χ1) is 13.3. The lowest BCUT2D eigenvalue weighted by atomic mass is 10.0. The molecule has 28 heavy (non-hydrogen) atoms. The monoisotopic (exact) mass is 446 g/mol. The highest BCUT2D eigenvalue weighted by molar-refractivity contribution is 8.00. The zero-order chi connectivity index (χ0) is 20.4. The van der Waals surface area contributed by atoms with Crippen molar-refractivity contribution >= 4 is 64.2 Å². The first-order valence-corrected chi connectivity index (χ1v) is 9.86. The lowest BCUT2D eigenvalue weighted by Gasteiger charge is -2.48. The van der Waals surface area contributed by atoms with Gasteiger partial charge < -0.3 is 20.4 Å². The van der Waals surface area contributed by atoms with Crippen LogP contribution in [0.15, 0.2) is 26.8 Å². The minimum absolute atomic E-state index is 0.0404. The zero-order valence-corrected chi connectivity index (χ0v) is 16.1. The van der Waals surface area contributed by atoms with E-state index in [-0.39, 0.29) is 27.9 Å². The zero-order valence-electron chi connectivity index (χ0n) is 13.7. The van der Waals surface area contributed by atoms with Gasteiger partial charge in [0.1, 0.15) is 22.8 Å². The van der Waals surface area contributed by atoms with Gasteiger partial charge >= 0.3 is 11.9 Å². The SMILES string of the molecule is O=C(O)CO/N=C(\C(=O)NC1C(=O)N2C(C(=O)O)=C(Cl)CS[C@H]12)c1cscn1. The van der Waals surface area contributed by atoms with Crippen LogP contribution in [-0.4, -0.2) is 73.3 Å². The number of thiazole rings is 1. The number of nitrogens with one attached hydrogen (secondary N) is 1. The maximum atomic E-state index is 12.6. The third-order valence-corrected chi connectivity index (χ3v) is 5.98. The summed E-state index contributed by atoms with van der Waals surface area (Å²) in [6.45, 7) is -0.763. The minimum Gasteiger partial charge on any atom is -0.479 e. The van der Waals surface area contributed by atoms with Crippen molar-refractivity contribution in [2.75, 3.05) is 12.4 Å². The van der Waals surface area contributed by atoms with E-state index in [0.29, 0.717) is 0 Å². The fraction of sp³-hybridized carbons (Fsp3) is 0.286. The molecule has 1 unspecified atom stereocenters. The van der Waals surface area contributed by atoms with Crippen LogP contribution in [0.5, 0.6) is 0 Å². The summed E-state index contributed by atoms with van der Waals surface area (Å²) >= 11 is 8.28. The number of carboxylic acid groups (broad SMARTS) is 2. The number of aliphatic carboxylic acids is 2. The van der Waals surface area contributed by atoms with E-state index < -0.39 is 41.8 Å². The molecule has 1 fully saturated rings. The normalized spacial score (nSPS) is 21.7. The molecule has 0 bridgehead atoms. The molecular weight excluding hydrogens is 436 g/mol. The highest BCUT2D eigenvalue weighted by Crippen LogP contribution is 2.41. The molecule has 0 saturated carbocycles. The van der Waals surface area contributed by atoms with Gasteiger partial charge in [-0.1, -0.05) is 16.8 Å². The van der Waals surface area contributed by atoms with Crippen molar-refractivity contribution < 1.29 is 34.2 Å². The number of amides is 2. The van der Waals surface area contributed by atoms with Crippen molar-refractivity contribution in [3.63, 3.8) is 0 Å². The Morgan fingerprint density at radius 1 is 1.43 bits per heavy atom. The maximum absolute atomic E-state index is 12.6. The summed E-state index contributed by atoms with van der Waals surface area (Å²) in [7, 11) is 0. The Kier molecular flexibility index (Phi) is 5.86. The van der Waals surface area contributed by atoms with Crippen molar-refractivity contribution in [2.45, 2.75) is 11.4 Å². The van der Waals surface area contributed by atoms with Crippen molar-refractivity contribution in [2.24, 2.45) is 5.16 Å². The van der Waals surface area contributed by atoms with Crippen LogP contribution >= 0.6 is 34.7 Å². The van der Waals surface area contributed by atoms with Crippen LogP contribution in [0, 0.1) is 0 Å². The van der Waals surface area contributed by atoms with Gasteiger partial charge in [-0.2, -0.15) is 0 Å². The van der Waals surface area contributed by atoms with E-state index in [0.717, 1.165) is 4.90 Å². The van der Waals surface area contributed by atoms with Gasteiger partial charge in [-0.05, 0) is 0 Å². The number of hydrogen-bond donors (Lipinski definition) is 3. The highest BCUT2D eigenvalue weighted by Gasteiger charge is 2.54. The third-order valence-electron chi connectivity index (χ3n) is 3.64. The number of carbonyl (C=O) groups excluding carboxylic acids is 2. The molecule has 3 heterocycles. The lowest BCUT2D eigenvalue weighted by molar-refractivity contribution is -0.150. The Morgan fingerprint density at radius 3 is 2.79 bits per heavy atom. The number of β-lactam (4-membered cyclic amide) rings is 1. The van der Waals surface area contributed by atoms with Gasteiger partial charge in [0, 0.05) is 11.1 Å². The number of rotatable bonds is 7. The Balaban J connectivity index is 1.76. The molecule has 2 aliphatic heterocycles. The van der Waals surface area contributed by atoms with E-state index in [1.54, 1.807) is 0 Å². The van der Waals surface area contributed by atoms with Crippen LogP contribution in [0.1, 0.15) is 5.69 Å². The summed E-state index contributed by atoms with van der Waals surface area (Å²) in [5, 5.41) is 24.7. The topological polar surface area (TPSA) is 158 Å². The molecule has 2 aliphatic rings. The number of oxime groups is 1. The van der Waals surface area contributed by atoms with Gasteiger partial charge in [-0.3, -0.25) is 14.5 Å². The summed E-state index contributed by atoms with van der Waals surface area (Å²) in [5.74, 6) is -3.88. The summed E-state index contributed by atoms with van der Waals surface area (Å²) < 4.78 is 0. The Morgan fingerprint density at radius 2 is 2.18 bits per heavy atom. The smallest absolute Gasteiger partial charge is 0.353 e. The first-order valence-electron chi connectivity index (χ1n) is 7.49. The van der Waals surface area contributed by atoms with E-state index in [1.807, 2.05) is 0 Å². The van der Waals surface area contributed by atoms with E-state index >= 15 is 0 Å². The van der Waals surface area contributed by atoms with E-state index in [2.05, 4.69) is 20.3 Å². The predicted octanol–water partition coefficient (Wildman–Crippen LogP) is -0.117.